The molecule has 1 unspecified atom stereocenters. The van der Waals surface area contributed by atoms with E-state index in [0.717, 1.165) is 30.4 Å². The third-order valence-corrected chi connectivity index (χ3v) is 7.54. The van der Waals surface area contributed by atoms with Crippen LogP contribution in [0.25, 0.3) is 0 Å². The summed E-state index contributed by atoms with van der Waals surface area (Å²) in [5.41, 5.74) is 2.55. The summed E-state index contributed by atoms with van der Waals surface area (Å²) in [6.45, 7) is 1.96. The predicted octanol–water partition coefficient (Wildman–Crippen LogP) is 2.01. The number of ether oxygens (including phenoxy) is 1. The lowest BCUT2D eigenvalue weighted by Crippen LogP contribution is -2.38. The number of H-pyrrole nitrogens is 1. The monoisotopic (exact) mass is 403 g/mol. The SMILES string of the molecule is COCC1CCCN1S(=O)(=O)c1ccc2c(c1)CN(C(=O)c1ccc[nH]1)CC2. The van der Waals surface area contributed by atoms with Crippen molar-refractivity contribution in [3.05, 3.63) is 53.3 Å². The van der Waals surface area contributed by atoms with Gasteiger partial charge in [-0.3, -0.25) is 4.79 Å². The predicted molar refractivity (Wildman–Crippen MR) is 104 cm³/mol. The highest BCUT2D eigenvalue weighted by Gasteiger charge is 2.35. The second-order valence-electron chi connectivity index (χ2n) is 7.36. The number of nitrogens with zero attached hydrogens (tertiary/aromatic N) is 2. The van der Waals surface area contributed by atoms with Crippen LogP contribution in [0.5, 0.6) is 0 Å². The lowest BCUT2D eigenvalue weighted by Gasteiger charge is -2.29. The molecule has 2 aromatic rings. The molecule has 3 heterocycles. The van der Waals surface area contributed by atoms with Crippen LogP contribution in [0.3, 0.4) is 0 Å². The van der Waals surface area contributed by atoms with Crippen LogP contribution in [0.15, 0.2) is 41.4 Å². The van der Waals surface area contributed by atoms with Gasteiger partial charge in [-0.05, 0) is 54.7 Å². The van der Waals surface area contributed by atoms with E-state index in [1.54, 1.807) is 46.8 Å². The van der Waals surface area contributed by atoms with Crippen LogP contribution in [-0.2, 0) is 27.7 Å². The van der Waals surface area contributed by atoms with Crippen LogP contribution in [0.2, 0.25) is 0 Å². The van der Waals surface area contributed by atoms with Gasteiger partial charge < -0.3 is 14.6 Å². The number of aromatic nitrogens is 1. The number of methoxy groups -OCH3 is 1. The van der Waals surface area contributed by atoms with E-state index in [1.807, 2.05) is 6.07 Å². The van der Waals surface area contributed by atoms with Gasteiger partial charge in [0, 0.05) is 39.0 Å². The average Bonchev–Trinajstić information content (AvgIpc) is 3.39. The third kappa shape index (κ3) is 3.47. The molecule has 1 saturated heterocycles. The Bertz CT molecular complexity index is 956. The van der Waals surface area contributed by atoms with Gasteiger partial charge in [-0.1, -0.05) is 6.07 Å². The summed E-state index contributed by atoms with van der Waals surface area (Å²) in [6.07, 6.45) is 4.10. The van der Waals surface area contributed by atoms with Crippen molar-refractivity contribution < 1.29 is 17.9 Å². The zero-order chi connectivity index (χ0) is 19.7. The zero-order valence-corrected chi connectivity index (χ0v) is 16.7. The summed E-state index contributed by atoms with van der Waals surface area (Å²) in [6, 6.07) is 8.75. The van der Waals surface area contributed by atoms with Crippen molar-refractivity contribution in [3.8, 4) is 0 Å². The van der Waals surface area contributed by atoms with Crippen LogP contribution < -0.4 is 0 Å². The highest BCUT2D eigenvalue weighted by molar-refractivity contribution is 7.89. The smallest absolute Gasteiger partial charge is 0.270 e. The van der Waals surface area contributed by atoms with Gasteiger partial charge in [0.05, 0.1) is 11.5 Å². The molecule has 0 saturated carbocycles. The molecule has 1 atom stereocenters. The molecule has 150 valence electrons. The summed E-state index contributed by atoms with van der Waals surface area (Å²) in [7, 11) is -1.99. The number of benzene rings is 1. The second-order valence-corrected chi connectivity index (χ2v) is 9.25. The Labute approximate surface area is 165 Å². The molecular formula is C20H25N3O4S. The van der Waals surface area contributed by atoms with Gasteiger partial charge in [-0.25, -0.2) is 8.42 Å². The fraction of sp³-hybridized carbons (Fsp3) is 0.450. The van der Waals surface area contributed by atoms with E-state index in [0.29, 0.717) is 36.8 Å². The Hall–Kier alpha value is -2.16. The van der Waals surface area contributed by atoms with E-state index >= 15 is 0 Å². The average molecular weight is 404 g/mol. The highest BCUT2D eigenvalue weighted by atomic mass is 32.2. The van der Waals surface area contributed by atoms with Crippen LogP contribution >= 0.6 is 0 Å². The molecule has 1 aromatic carbocycles. The van der Waals surface area contributed by atoms with Crippen molar-refractivity contribution in [2.75, 3.05) is 26.8 Å². The molecule has 0 aliphatic carbocycles. The van der Waals surface area contributed by atoms with E-state index in [9.17, 15) is 13.2 Å². The Morgan fingerprint density at radius 1 is 1.25 bits per heavy atom. The van der Waals surface area contributed by atoms with Crippen molar-refractivity contribution in [1.82, 2.24) is 14.2 Å². The van der Waals surface area contributed by atoms with Gasteiger partial charge in [0.2, 0.25) is 10.0 Å². The highest BCUT2D eigenvalue weighted by Crippen LogP contribution is 2.29. The summed E-state index contributed by atoms with van der Waals surface area (Å²) in [4.78, 5) is 17.6. The van der Waals surface area contributed by atoms with Crippen molar-refractivity contribution in [3.63, 3.8) is 0 Å². The third-order valence-electron chi connectivity index (χ3n) is 5.59. The number of hydrogen-bond donors (Lipinski definition) is 1. The topological polar surface area (TPSA) is 82.7 Å². The maximum absolute atomic E-state index is 13.2. The lowest BCUT2D eigenvalue weighted by atomic mass is 9.99. The Morgan fingerprint density at radius 2 is 2.11 bits per heavy atom. The number of nitrogens with one attached hydrogen (secondary N) is 1. The first-order valence-corrected chi connectivity index (χ1v) is 11.0. The van der Waals surface area contributed by atoms with Crippen LogP contribution in [0.4, 0.5) is 0 Å². The number of hydrogen-bond acceptors (Lipinski definition) is 4. The van der Waals surface area contributed by atoms with Crippen molar-refractivity contribution in [2.24, 2.45) is 0 Å². The zero-order valence-electron chi connectivity index (χ0n) is 15.9. The molecule has 28 heavy (non-hydrogen) atoms. The normalized spacial score (nSPS) is 20.3. The molecule has 1 aromatic heterocycles. The largest absolute Gasteiger partial charge is 0.383 e. The first kappa shape index (κ1) is 19.2. The number of carbonyl (C=O) groups is 1. The quantitative estimate of drug-likeness (QED) is 0.828. The fourth-order valence-corrected chi connectivity index (χ4v) is 5.85. The van der Waals surface area contributed by atoms with E-state index in [-0.39, 0.29) is 11.9 Å². The van der Waals surface area contributed by atoms with Crippen molar-refractivity contribution >= 4 is 15.9 Å². The number of amides is 1. The molecular weight excluding hydrogens is 378 g/mol. The Morgan fingerprint density at radius 3 is 2.86 bits per heavy atom. The number of rotatable bonds is 5. The summed E-state index contributed by atoms with van der Waals surface area (Å²) in [5, 5.41) is 0. The summed E-state index contributed by atoms with van der Waals surface area (Å²) in [5.74, 6) is -0.0661. The number of aromatic amines is 1. The summed E-state index contributed by atoms with van der Waals surface area (Å²) >= 11 is 0. The molecule has 4 rings (SSSR count). The van der Waals surface area contributed by atoms with Gasteiger partial charge in [0.1, 0.15) is 5.69 Å². The van der Waals surface area contributed by atoms with Gasteiger partial charge in [0.25, 0.3) is 5.91 Å². The molecule has 1 amide bonds. The molecule has 2 aliphatic heterocycles. The van der Waals surface area contributed by atoms with Crippen LogP contribution in [0, 0.1) is 0 Å². The van der Waals surface area contributed by atoms with E-state index in [4.69, 9.17) is 4.74 Å². The molecule has 1 N–H and O–H groups in total. The minimum atomic E-state index is -3.58. The minimum Gasteiger partial charge on any atom is -0.383 e. The standard InChI is InChI=1S/C20H25N3O4S/c1-27-14-17-4-3-10-23(17)28(25,26)18-7-6-15-8-11-22(13-16(15)12-18)20(24)19-5-2-9-21-19/h2,5-7,9,12,17,21H,3-4,8,10-11,13-14H2,1H3. The number of sulfonamides is 1. The molecule has 0 bridgehead atoms. The molecule has 2 aliphatic rings. The molecule has 0 spiro atoms. The van der Waals surface area contributed by atoms with Crippen LogP contribution in [-0.4, -0.2) is 61.4 Å². The van der Waals surface area contributed by atoms with E-state index < -0.39 is 10.0 Å². The molecule has 1 fully saturated rings. The van der Waals surface area contributed by atoms with Gasteiger partial charge in [-0.2, -0.15) is 4.31 Å². The maximum Gasteiger partial charge on any atom is 0.270 e. The van der Waals surface area contributed by atoms with E-state index in [1.165, 1.54) is 0 Å². The summed E-state index contributed by atoms with van der Waals surface area (Å²) < 4.78 is 33.1. The molecule has 8 heteroatoms. The fourth-order valence-electron chi connectivity index (χ4n) is 4.12. The number of carbonyl (C=O) groups excluding carboxylic acids is 1. The maximum atomic E-state index is 13.2. The van der Waals surface area contributed by atoms with Gasteiger partial charge in [0.15, 0.2) is 0 Å². The minimum absolute atomic E-state index is 0.0661. The van der Waals surface area contributed by atoms with Crippen LogP contribution in [0.1, 0.15) is 34.5 Å². The van der Waals surface area contributed by atoms with E-state index in [2.05, 4.69) is 4.98 Å². The van der Waals surface area contributed by atoms with Crippen molar-refractivity contribution in [2.45, 2.75) is 36.7 Å². The first-order chi connectivity index (χ1) is 13.5. The Kier molecular flexibility index (Phi) is 5.27. The molecule has 7 nitrogen and oxygen atoms in total. The van der Waals surface area contributed by atoms with Gasteiger partial charge >= 0.3 is 0 Å². The lowest BCUT2D eigenvalue weighted by molar-refractivity contribution is 0.0729. The number of fused-ring (bicyclic) bond motifs is 1. The second kappa shape index (κ2) is 7.69. The first-order valence-electron chi connectivity index (χ1n) is 9.56. The van der Waals surface area contributed by atoms with Gasteiger partial charge in [-0.15, -0.1) is 0 Å². The molecule has 0 radical (unpaired) electrons. The van der Waals surface area contributed by atoms with Crippen molar-refractivity contribution in [1.29, 1.82) is 0 Å². The Balaban J connectivity index is 1.59.